The molecule has 1 N–H and O–H groups in total. The molecule has 1 fully saturated rings. The van der Waals surface area contributed by atoms with Crippen molar-refractivity contribution in [1.29, 1.82) is 0 Å². The topological polar surface area (TPSA) is 95.8 Å². The number of anilines is 2. The van der Waals surface area contributed by atoms with E-state index in [1.54, 1.807) is 25.1 Å². The van der Waals surface area contributed by atoms with Gasteiger partial charge in [-0.15, -0.1) is 0 Å². The highest BCUT2D eigenvalue weighted by Gasteiger charge is 2.35. The molecule has 3 rings (SSSR count). The Labute approximate surface area is 170 Å². The average Bonchev–Trinajstić information content (AvgIpc) is 2.92. The number of rotatable bonds is 4. The maximum absolute atomic E-state index is 12.8. The van der Waals surface area contributed by atoms with Crippen LogP contribution in [-0.2, 0) is 9.59 Å². The fourth-order valence-electron chi connectivity index (χ4n) is 2.70. The summed E-state index contributed by atoms with van der Waals surface area (Å²) < 4.78 is 0. The Balaban J connectivity index is 2.04. The highest BCUT2D eigenvalue weighted by atomic mass is 35.5. The summed E-state index contributed by atoms with van der Waals surface area (Å²) in [6, 6.07) is 8.71. The van der Waals surface area contributed by atoms with Gasteiger partial charge in [-0.2, -0.15) is 0 Å². The number of halogens is 2. The van der Waals surface area contributed by atoms with Gasteiger partial charge in [-0.1, -0.05) is 23.2 Å². The Morgan fingerprint density at radius 3 is 2.43 bits per heavy atom. The lowest BCUT2D eigenvalue weighted by Crippen LogP contribution is -2.35. The Morgan fingerprint density at radius 2 is 1.82 bits per heavy atom. The van der Waals surface area contributed by atoms with Crippen molar-refractivity contribution in [2.45, 2.75) is 0 Å². The SMILES string of the molecule is CN(C)c1ccc([N+](=O)[O-])cc1/C=C1/C(=O)NN(c2ccc(Cl)c(Cl)c2)C1=O. The van der Waals surface area contributed by atoms with Crippen LogP contribution >= 0.6 is 23.2 Å². The van der Waals surface area contributed by atoms with Crippen LogP contribution in [0.15, 0.2) is 42.0 Å². The summed E-state index contributed by atoms with van der Waals surface area (Å²) in [6.45, 7) is 0. The first-order chi connectivity index (χ1) is 13.2. The van der Waals surface area contributed by atoms with Gasteiger partial charge in [0.05, 0.1) is 20.7 Å². The lowest BCUT2D eigenvalue weighted by Gasteiger charge is -2.16. The highest BCUT2D eigenvalue weighted by Crippen LogP contribution is 2.31. The first-order valence-electron chi connectivity index (χ1n) is 7.97. The van der Waals surface area contributed by atoms with Gasteiger partial charge >= 0.3 is 0 Å². The molecular weight excluding hydrogens is 407 g/mol. The van der Waals surface area contributed by atoms with E-state index in [9.17, 15) is 19.7 Å². The molecule has 0 saturated carbocycles. The number of non-ortho nitro benzene ring substituents is 1. The van der Waals surface area contributed by atoms with E-state index in [0.29, 0.717) is 22.0 Å². The molecule has 144 valence electrons. The molecule has 28 heavy (non-hydrogen) atoms. The van der Waals surface area contributed by atoms with Crippen LogP contribution < -0.4 is 15.3 Å². The molecule has 1 aliphatic rings. The quantitative estimate of drug-likeness (QED) is 0.353. The first-order valence-corrected chi connectivity index (χ1v) is 8.72. The van der Waals surface area contributed by atoms with Crippen molar-refractivity contribution in [1.82, 2.24) is 5.43 Å². The number of carbonyl (C=O) groups is 2. The molecule has 1 aliphatic heterocycles. The average molecular weight is 421 g/mol. The number of hydrogen-bond donors (Lipinski definition) is 1. The zero-order valence-corrected chi connectivity index (χ0v) is 16.3. The lowest BCUT2D eigenvalue weighted by atomic mass is 10.1. The van der Waals surface area contributed by atoms with E-state index in [1.807, 2.05) is 0 Å². The number of hydrazine groups is 1. The van der Waals surface area contributed by atoms with Gasteiger partial charge in [0.15, 0.2) is 0 Å². The first kappa shape index (κ1) is 19.7. The summed E-state index contributed by atoms with van der Waals surface area (Å²) in [5.74, 6) is -1.24. The van der Waals surface area contributed by atoms with Gasteiger partial charge in [-0.3, -0.25) is 25.1 Å². The molecule has 2 aromatic rings. The number of nitrogens with zero attached hydrogens (tertiary/aromatic N) is 3. The predicted octanol–water partition coefficient (Wildman–Crippen LogP) is 3.43. The third-order valence-electron chi connectivity index (χ3n) is 4.06. The highest BCUT2D eigenvalue weighted by molar-refractivity contribution is 6.42. The molecule has 2 aromatic carbocycles. The van der Waals surface area contributed by atoms with Crippen LogP contribution in [0.4, 0.5) is 17.1 Å². The van der Waals surface area contributed by atoms with Gasteiger partial charge in [0.1, 0.15) is 5.57 Å². The van der Waals surface area contributed by atoms with Crippen molar-refractivity contribution < 1.29 is 14.5 Å². The van der Waals surface area contributed by atoms with Crippen LogP contribution in [0.3, 0.4) is 0 Å². The molecule has 0 aliphatic carbocycles. The van der Waals surface area contributed by atoms with Gasteiger partial charge < -0.3 is 4.90 Å². The zero-order valence-electron chi connectivity index (χ0n) is 14.8. The molecule has 2 amide bonds. The second-order valence-electron chi connectivity index (χ2n) is 6.13. The number of benzene rings is 2. The molecule has 1 saturated heterocycles. The van der Waals surface area contributed by atoms with Crippen LogP contribution in [0.5, 0.6) is 0 Å². The monoisotopic (exact) mass is 420 g/mol. The van der Waals surface area contributed by atoms with Crippen LogP contribution in [-0.4, -0.2) is 30.8 Å². The summed E-state index contributed by atoms with van der Waals surface area (Å²) in [7, 11) is 3.50. The minimum absolute atomic E-state index is 0.148. The Kier molecular flexibility index (Phi) is 5.26. The molecule has 0 radical (unpaired) electrons. The van der Waals surface area contributed by atoms with E-state index in [2.05, 4.69) is 5.43 Å². The smallest absolute Gasteiger partial charge is 0.282 e. The second kappa shape index (κ2) is 7.49. The third kappa shape index (κ3) is 3.64. The fourth-order valence-corrected chi connectivity index (χ4v) is 2.99. The molecule has 0 atom stereocenters. The maximum Gasteiger partial charge on any atom is 0.282 e. The molecule has 0 unspecified atom stereocenters. The Hall–Kier alpha value is -3.10. The minimum atomic E-state index is -0.632. The number of nitro groups is 1. The van der Waals surface area contributed by atoms with Crippen molar-refractivity contribution in [2.75, 3.05) is 24.0 Å². The molecular formula is C18H14Cl2N4O4. The van der Waals surface area contributed by atoms with Crippen LogP contribution in [0, 0.1) is 10.1 Å². The molecule has 8 nitrogen and oxygen atoms in total. The van der Waals surface area contributed by atoms with Gasteiger partial charge in [0.25, 0.3) is 17.5 Å². The summed E-state index contributed by atoms with van der Waals surface area (Å²) in [4.78, 5) is 37.4. The number of hydrogen-bond acceptors (Lipinski definition) is 5. The summed E-state index contributed by atoms with van der Waals surface area (Å²) in [6.07, 6.45) is 1.33. The lowest BCUT2D eigenvalue weighted by molar-refractivity contribution is -0.384. The van der Waals surface area contributed by atoms with Crippen molar-refractivity contribution in [3.63, 3.8) is 0 Å². The largest absolute Gasteiger partial charge is 0.377 e. The van der Waals surface area contributed by atoms with Crippen molar-refractivity contribution in [3.05, 3.63) is 67.7 Å². The Bertz CT molecular complexity index is 1040. The molecule has 0 bridgehead atoms. The van der Waals surface area contributed by atoms with E-state index in [4.69, 9.17) is 23.2 Å². The molecule has 10 heteroatoms. The van der Waals surface area contributed by atoms with Crippen molar-refractivity contribution >= 4 is 58.2 Å². The van der Waals surface area contributed by atoms with E-state index in [1.165, 1.54) is 36.4 Å². The third-order valence-corrected chi connectivity index (χ3v) is 4.80. The number of nitro benzene ring substituents is 1. The van der Waals surface area contributed by atoms with E-state index < -0.39 is 16.7 Å². The summed E-state index contributed by atoms with van der Waals surface area (Å²) in [5, 5.41) is 12.7. The maximum atomic E-state index is 12.8. The van der Waals surface area contributed by atoms with Crippen molar-refractivity contribution in [3.8, 4) is 0 Å². The van der Waals surface area contributed by atoms with Gasteiger partial charge in [-0.05, 0) is 30.3 Å². The van der Waals surface area contributed by atoms with Crippen molar-refractivity contribution in [2.24, 2.45) is 0 Å². The number of nitrogens with one attached hydrogen (secondary N) is 1. The van der Waals surface area contributed by atoms with Gasteiger partial charge in [-0.25, -0.2) is 5.01 Å². The number of carbonyl (C=O) groups excluding carboxylic acids is 2. The Morgan fingerprint density at radius 1 is 1.11 bits per heavy atom. The van der Waals surface area contributed by atoms with E-state index >= 15 is 0 Å². The van der Waals surface area contributed by atoms with E-state index in [0.717, 1.165) is 5.01 Å². The van der Waals surface area contributed by atoms with Crippen LogP contribution in [0.1, 0.15) is 5.56 Å². The summed E-state index contributed by atoms with van der Waals surface area (Å²) in [5.41, 5.74) is 3.47. The van der Waals surface area contributed by atoms with Crippen LogP contribution in [0.25, 0.3) is 6.08 Å². The second-order valence-corrected chi connectivity index (χ2v) is 6.95. The summed E-state index contributed by atoms with van der Waals surface area (Å²) >= 11 is 11.9. The molecule has 0 aromatic heterocycles. The predicted molar refractivity (Wildman–Crippen MR) is 107 cm³/mol. The van der Waals surface area contributed by atoms with Gasteiger partial charge in [0, 0.05) is 37.5 Å². The van der Waals surface area contributed by atoms with Gasteiger partial charge in [0.2, 0.25) is 0 Å². The standard InChI is InChI=1S/C18H14Cl2N4O4/c1-22(2)16-6-4-12(24(27)28)7-10(16)8-13-17(25)21-23(18(13)26)11-3-5-14(19)15(20)9-11/h3-9H,1-2H3,(H,21,25)/b13-8-. The minimum Gasteiger partial charge on any atom is -0.377 e. The van der Waals surface area contributed by atoms with E-state index in [-0.39, 0.29) is 16.3 Å². The van der Waals surface area contributed by atoms with Crippen LogP contribution in [0.2, 0.25) is 10.0 Å². The molecule has 1 heterocycles. The normalized spacial score (nSPS) is 15.1. The molecule has 0 spiro atoms. The zero-order chi connectivity index (χ0) is 20.6. The number of amides is 2. The fraction of sp³-hybridized carbons (Fsp3) is 0.111.